The van der Waals surface area contributed by atoms with E-state index in [-0.39, 0.29) is 12.6 Å². The fraction of sp³-hybridized carbons (Fsp3) is 0.250. The zero-order valence-electron chi connectivity index (χ0n) is 11.5. The molecule has 20 heavy (non-hydrogen) atoms. The summed E-state index contributed by atoms with van der Waals surface area (Å²) in [7, 11) is 0. The lowest BCUT2D eigenvalue weighted by atomic mass is 10.1. The molecular formula is C16H16N2O2. The van der Waals surface area contributed by atoms with E-state index in [4.69, 9.17) is 0 Å². The smallest absolute Gasteiger partial charge is 0.302 e. The van der Waals surface area contributed by atoms with Gasteiger partial charge in [0, 0.05) is 12.4 Å². The maximum atomic E-state index is 12.1. The largest absolute Gasteiger partial charge is 0.317 e. The Morgan fingerprint density at radius 1 is 1.10 bits per heavy atom. The predicted octanol–water partition coefficient (Wildman–Crippen LogP) is 1.64. The summed E-state index contributed by atoms with van der Waals surface area (Å²) in [6.07, 6.45) is 3.24. The van der Waals surface area contributed by atoms with Crippen LogP contribution in [-0.4, -0.2) is 9.13 Å². The van der Waals surface area contributed by atoms with Gasteiger partial charge in [-0.1, -0.05) is 36.3 Å². The van der Waals surface area contributed by atoms with Gasteiger partial charge >= 0.3 is 11.1 Å². The first kappa shape index (κ1) is 13.9. The highest BCUT2D eigenvalue weighted by Gasteiger charge is 2.11. The second-order valence-corrected chi connectivity index (χ2v) is 4.46. The van der Waals surface area contributed by atoms with Crippen molar-refractivity contribution >= 4 is 0 Å². The van der Waals surface area contributed by atoms with Crippen LogP contribution in [0.2, 0.25) is 0 Å². The minimum Gasteiger partial charge on any atom is -0.302 e. The lowest BCUT2D eigenvalue weighted by Gasteiger charge is -2.15. The number of nitrogens with zero attached hydrogens (tertiary/aromatic N) is 2. The Hall–Kier alpha value is -2.54. The molecule has 0 aliphatic heterocycles. The lowest BCUT2D eigenvalue weighted by molar-refractivity contribution is 0.585. The zero-order chi connectivity index (χ0) is 14.5. The summed E-state index contributed by atoms with van der Waals surface area (Å²) < 4.78 is 2.78. The monoisotopic (exact) mass is 268 g/mol. The van der Waals surface area contributed by atoms with Crippen molar-refractivity contribution in [3.05, 3.63) is 69.0 Å². The molecule has 1 atom stereocenters. The SMILES string of the molecule is CC#CCn1ccn(C(C)c2ccccc2)c(=O)c1=O. The van der Waals surface area contributed by atoms with Crippen molar-refractivity contribution in [2.24, 2.45) is 0 Å². The summed E-state index contributed by atoms with van der Waals surface area (Å²) >= 11 is 0. The Balaban J connectivity index is 2.44. The van der Waals surface area contributed by atoms with E-state index in [1.54, 1.807) is 19.3 Å². The summed E-state index contributed by atoms with van der Waals surface area (Å²) in [5.41, 5.74) is -0.0834. The van der Waals surface area contributed by atoms with Crippen LogP contribution >= 0.6 is 0 Å². The maximum Gasteiger partial charge on any atom is 0.317 e. The van der Waals surface area contributed by atoms with Crippen LogP contribution in [0.15, 0.2) is 52.3 Å². The molecule has 4 heteroatoms. The van der Waals surface area contributed by atoms with Crippen LogP contribution in [0.5, 0.6) is 0 Å². The molecule has 0 N–H and O–H groups in total. The normalized spacial score (nSPS) is 11.5. The highest BCUT2D eigenvalue weighted by molar-refractivity contribution is 5.19. The Bertz CT molecular complexity index is 761. The van der Waals surface area contributed by atoms with Crippen molar-refractivity contribution < 1.29 is 0 Å². The van der Waals surface area contributed by atoms with Gasteiger partial charge < -0.3 is 4.57 Å². The van der Waals surface area contributed by atoms with Crippen LogP contribution in [0.3, 0.4) is 0 Å². The van der Waals surface area contributed by atoms with Crippen LogP contribution in [0.25, 0.3) is 0 Å². The first-order chi connectivity index (χ1) is 9.65. The van der Waals surface area contributed by atoms with Crippen molar-refractivity contribution in [3.63, 3.8) is 0 Å². The maximum absolute atomic E-state index is 12.1. The van der Waals surface area contributed by atoms with E-state index in [0.717, 1.165) is 5.56 Å². The van der Waals surface area contributed by atoms with Crippen LogP contribution in [0.1, 0.15) is 25.5 Å². The van der Waals surface area contributed by atoms with Crippen molar-refractivity contribution in [2.45, 2.75) is 26.4 Å². The van der Waals surface area contributed by atoms with Gasteiger partial charge in [-0.2, -0.15) is 0 Å². The molecule has 0 aliphatic rings. The summed E-state index contributed by atoms with van der Waals surface area (Å²) in [6, 6.07) is 9.43. The molecule has 0 bridgehead atoms. The molecule has 0 fully saturated rings. The van der Waals surface area contributed by atoms with Gasteiger partial charge in [0.05, 0.1) is 12.6 Å². The zero-order valence-corrected chi connectivity index (χ0v) is 11.5. The number of rotatable bonds is 3. The van der Waals surface area contributed by atoms with Gasteiger partial charge in [-0.05, 0) is 19.4 Å². The average molecular weight is 268 g/mol. The van der Waals surface area contributed by atoms with Crippen LogP contribution in [-0.2, 0) is 6.54 Å². The molecule has 2 aromatic rings. The van der Waals surface area contributed by atoms with E-state index in [0.29, 0.717) is 0 Å². The van der Waals surface area contributed by atoms with Gasteiger partial charge in [0.15, 0.2) is 0 Å². The molecule has 0 aliphatic carbocycles. The molecule has 1 unspecified atom stereocenters. The number of hydrogen-bond acceptors (Lipinski definition) is 2. The van der Waals surface area contributed by atoms with Gasteiger partial charge in [0.1, 0.15) is 0 Å². The van der Waals surface area contributed by atoms with Crippen molar-refractivity contribution in [3.8, 4) is 11.8 Å². The topological polar surface area (TPSA) is 44.0 Å². The van der Waals surface area contributed by atoms with E-state index in [1.807, 2.05) is 37.3 Å². The Labute approximate surface area is 117 Å². The standard InChI is InChI=1S/C16H16N2O2/c1-3-4-10-17-11-12-18(16(20)15(17)19)13(2)14-8-6-5-7-9-14/h5-9,11-13H,10H2,1-2H3. The fourth-order valence-electron chi connectivity index (χ4n) is 2.01. The molecular weight excluding hydrogens is 252 g/mol. The Morgan fingerprint density at radius 3 is 2.45 bits per heavy atom. The quantitative estimate of drug-likeness (QED) is 0.627. The van der Waals surface area contributed by atoms with Crippen molar-refractivity contribution in [1.82, 2.24) is 9.13 Å². The number of aromatic nitrogens is 2. The van der Waals surface area contributed by atoms with E-state index >= 15 is 0 Å². The Kier molecular flexibility index (Phi) is 4.21. The molecule has 0 radical (unpaired) electrons. The van der Waals surface area contributed by atoms with E-state index in [2.05, 4.69) is 11.8 Å². The number of benzene rings is 1. The van der Waals surface area contributed by atoms with Crippen LogP contribution in [0.4, 0.5) is 0 Å². The molecule has 1 aromatic heterocycles. The van der Waals surface area contributed by atoms with E-state index in [9.17, 15) is 9.59 Å². The second-order valence-electron chi connectivity index (χ2n) is 4.46. The third-order valence-corrected chi connectivity index (χ3v) is 3.21. The number of hydrogen-bond donors (Lipinski definition) is 0. The van der Waals surface area contributed by atoms with Gasteiger partial charge in [-0.25, -0.2) is 0 Å². The molecule has 0 saturated carbocycles. The van der Waals surface area contributed by atoms with Crippen molar-refractivity contribution in [1.29, 1.82) is 0 Å². The first-order valence-corrected chi connectivity index (χ1v) is 6.41. The third kappa shape index (κ3) is 2.72. The van der Waals surface area contributed by atoms with Gasteiger partial charge in [0.2, 0.25) is 0 Å². The molecule has 0 spiro atoms. The average Bonchev–Trinajstić information content (AvgIpc) is 2.49. The predicted molar refractivity (Wildman–Crippen MR) is 78.7 cm³/mol. The third-order valence-electron chi connectivity index (χ3n) is 3.21. The minimum absolute atomic E-state index is 0.177. The molecule has 102 valence electrons. The van der Waals surface area contributed by atoms with Crippen LogP contribution in [0, 0.1) is 11.8 Å². The van der Waals surface area contributed by atoms with E-state index in [1.165, 1.54) is 9.13 Å². The highest BCUT2D eigenvalue weighted by atomic mass is 16.2. The molecule has 2 rings (SSSR count). The van der Waals surface area contributed by atoms with Gasteiger partial charge in [0.25, 0.3) is 0 Å². The first-order valence-electron chi connectivity index (χ1n) is 6.41. The lowest BCUT2D eigenvalue weighted by Crippen LogP contribution is -2.41. The summed E-state index contributed by atoms with van der Waals surface area (Å²) in [6.45, 7) is 3.83. The van der Waals surface area contributed by atoms with Crippen molar-refractivity contribution in [2.75, 3.05) is 0 Å². The highest BCUT2D eigenvalue weighted by Crippen LogP contribution is 2.14. The second kappa shape index (κ2) is 6.07. The minimum atomic E-state index is -0.543. The van der Waals surface area contributed by atoms with Gasteiger partial charge in [-0.3, -0.25) is 14.2 Å². The summed E-state index contributed by atoms with van der Waals surface area (Å²) in [4.78, 5) is 24.1. The molecule has 1 aromatic carbocycles. The summed E-state index contributed by atoms with van der Waals surface area (Å²) in [5.74, 6) is 5.49. The van der Waals surface area contributed by atoms with E-state index < -0.39 is 11.1 Å². The van der Waals surface area contributed by atoms with Gasteiger partial charge in [-0.15, -0.1) is 5.92 Å². The fourth-order valence-corrected chi connectivity index (χ4v) is 2.01. The van der Waals surface area contributed by atoms with Crippen LogP contribution < -0.4 is 11.1 Å². The molecule has 0 saturated heterocycles. The molecule has 0 amide bonds. The Morgan fingerprint density at radius 2 is 1.80 bits per heavy atom. The summed E-state index contributed by atoms with van der Waals surface area (Å²) in [5, 5.41) is 0. The molecule has 1 heterocycles. The molecule has 4 nitrogen and oxygen atoms in total.